The largest absolute Gasteiger partial charge is 0.381 e. The summed E-state index contributed by atoms with van der Waals surface area (Å²) >= 11 is 0. The molecule has 9 nitrogen and oxygen atoms in total. The minimum Gasteiger partial charge on any atom is -0.381 e. The normalized spacial score (nSPS) is 17.1. The number of aliphatic hydroxyl groups is 3. The van der Waals surface area contributed by atoms with Crippen molar-refractivity contribution >= 4 is 11.9 Å². The van der Waals surface area contributed by atoms with E-state index in [0.29, 0.717) is 31.6 Å². The molecule has 4 N–H and O–H groups in total. The smallest absolute Gasteiger partial charge is 0.229 e. The van der Waals surface area contributed by atoms with Crippen molar-refractivity contribution in [3.8, 4) is 0 Å². The quantitative estimate of drug-likeness (QED) is 0.346. The van der Waals surface area contributed by atoms with Crippen LogP contribution in [0.2, 0.25) is 0 Å². The number of hydrogen-bond donors (Lipinski definition) is 4. The summed E-state index contributed by atoms with van der Waals surface area (Å²) in [5, 5.41) is 32.1. The monoisotopic (exact) mass is 386 g/mol. The zero-order chi connectivity index (χ0) is 20.1. The summed E-state index contributed by atoms with van der Waals surface area (Å²) in [6, 6.07) is 0. The Morgan fingerprint density at radius 2 is 1.63 bits per heavy atom. The fraction of sp³-hybridized carbons (Fsp3) is 0.889. The van der Waals surface area contributed by atoms with Crippen LogP contribution in [-0.4, -0.2) is 88.1 Å². The van der Waals surface area contributed by atoms with E-state index in [1.165, 1.54) is 0 Å². The number of hydrogen-bond acceptors (Lipinski definition) is 9. The topological polar surface area (TPSA) is 107 Å². The molecule has 0 aromatic rings. The van der Waals surface area contributed by atoms with E-state index in [1.54, 1.807) is 4.90 Å². The third-order valence-corrected chi connectivity index (χ3v) is 4.52. The number of unbranched alkanes of at least 4 members (excludes halogenated alkanes) is 3. The van der Waals surface area contributed by atoms with Gasteiger partial charge in [0.1, 0.15) is 13.5 Å². The summed E-state index contributed by atoms with van der Waals surface area (Å²) in [5.41, 5.74) is 0. The summed E-state index contributed by atoms with van der Waals surface area (Å²) in [4.78, 5) is 14.9. The molecule has 0 bridgehead atoms. The Hall–Kier alpha value is -1.42. The number of nitrogens with zero attached hydrogens (tertiary/aromatic N) is 5. The molecular formula is C18H38N6O3. The zero-order valence-electron chi connectivity index (χ0n) is 17.1. The zero-order valence-corrected chi connectivity index (χ0v) is 17.1. The highest BCUT2D eigenvalue weighted by molar-refractivity contribution is 5.96. The van der Waals surface area contributed by atoms with Crippen molar-refractivity contribution in [3.63, 3.8) is 0 Å². The average molecular weight is 387 g/mol. The fourth-order valence-corrected chi connectivity index (χ4v) is 2.87. The molecule has 0 saturated heterocycles. The fourth-order valence-electron chi connectivity index (χ4n) is 2.87. The molecule has 0 fully saturated rings. The molecule has 1 atom stereocenters. The lowest BCUT2D eigenvalue weighted by Crippen LogP contribution is -2.58. The molecule has 1 aliphatic rings. The van der Waals surface area contributed by atoms with Crippen molar-refractivity contribution in [3.05, 3.63) is 0 Å². The molecule has 9 heteroatoms. The molecule has 0 radical (unpaired) electrons. The van der Waals surface area contributed by atoms with Crippen LogP contribution in [0.4, 0.5) is 0 Å². The van der Waals surface area contributed by atoms with Crippen molar-refractivity contribution in [1.82, 2.24) is 20.0 Å². The van der Waals surface area contributed by atoms with Gasteiger partial charge < -0.3 is 30.4 Å². The Labute approximate surface area is 163 Å². The number of guanidine groups is 2. The molecule has 0 aromatic carbocycles. The van der Waals surface area contributed by atoms with E-state index >= 15 is 0 Å². The van der Waals surface area contributed by atoms with Gasteiger partial charge in [0.15, 0.2) is 6.29 Å². The second kappa shape index (κ2) is 13.7. The Balaban J connectivity index is 3.19. The van der Waals surface area contributed by atoms with Crippen molar-refractivity contribution in [2.24, 2.45) is 9.98 Å². The van der Waals surface area contributed by atoms with Crippen LogP contribution in [-0.2, 0) is 0 Å². The van der Waals surface area contributed by atoms with Crippen LogP contribution in [0.25, 0.3) is 0 Å². The maximum absolute atomic E-state index is 9.95. The lowest BCUT2D eigenvalue weighted by Gasteiger charge is -2.41. The second-order valence-electron chi connectivity index (χ2n) is 6.66. The minimum absolute atomic E-state index is 0.120. The molecule has 158 valence electrons. The molecule has 0 saturated carbocycles. The minimum atomic E-state index is -0.426. The predicted octanol–water partition coefficient (Wildman–Crippen LogP) is 0.741. The van der Waals surface area contributed by atoms with Gasteiger partial charge in [-0.05, 0) is 19.3 Å². The molecule has 0 amide bonds. The second-order valence-corrected chi connectivity index (χ2v) is 6.66. The van der Waals surface area contributed by atoms with E-state index in [9.17, 15) is 15.3 Å². The Morgan fingerprint density at radius 1 is 0.963 bits per heavy atom. The summed E-state index contributed by atoms with van der Waals surface area (Å²) < 4.78 is 0. The van der Waals surface area contributed by atoms with Crippen LogP contribution in [0.1, 0.15) is 59.3 Å². The Kier molecular flexibility index (Phi) is 12.0. The first-order valence-electron chi connectivity index (χ1n) is 10.1. The highest BCUT2D eigenvalue weighted by atomic mass is 16.3. The van der Waals surface area contributed by atoms with Crippen molar-refractivity contribution < 1.29 is 15.3 Å². The van der Waals surface area contributed by atoms with Crippen molar-refractivity contribution in [2.75, 3.05) is 39.8 Å². The third-order valence-electron chi connectivity index (χ3n) is 4.52. The van der Waals surface area contributed by atoms with Gasteiger partial charge >= 0.3 is 0 Å². The van der Waals surface area contributed by atoms with E-state index in [-0.39, 0.29) is 20.2 Å². The highest BCUT2D eigenvalue weighted by Gasteiger charge is 2.32. The van der Waals surface area contributed by atoms with Gasteiger partial charge in [-0.2, -0.15) is 4.99 Å². The van der Waals surface area contributed by atoms with E-state index in [2.05, 4.69) is 31.1 Å². The van der Waals surface area contributed by atoms with E-state index in [4.69, 9.17) is 4.99 Å². The van der Waals surface area contributed by atoms with Gasteiger partial charge in [0, 0.05) is 19.6 Å². The van der Waals surface area contributed by atoms with Crippen molar-refractivity contribution in [2.45, 2.75) is 65.6 Å². The number of rotatable bonds is 13. The average Bonchev–Trinajstić information content (AvgIpc) is 2.68. The number of aliphatic hydroxyl groups excluding tert-OH is 3. The van der Waals surface area contributed by atoms with Gasteiger partial charge in [-0.25, -0.2) is 9.89 Å². The summed E-state index contributed by atoms with van der Waals surface area (Å²) in [6.45, 7) is 7.84. The summed E-state index contributed by atoms with van der Waals surface area (Å²) in [5.74, 6) is 0.945. The summed E-state index contributed by atoms with van der Waals surface area (Å²) in [7, 11) is 0. The van der Waals surface area contributed by atoms with Gasteiger partial charge in [-0.3, -0.25) is 0 Å². The SMILES string of the molecule is CCCCN(CO)C1=NC(N(CO)CCCC)N(CCCC)C(NCO)=N1. The van der Waals surface area contributed by atoms with E-state index in [1.807, 2.05) is 9.80 Å². The number of nitrogens with one attached hydrogen (secondary N) is 1. The van der Waals surface area contributed by atoms with Gasteiger partial charge in [0.25, 0.3) is 0 Å². The molecule has 1 rings (SSSR count). The molecule has 1 aliphatic heterocycles. The maximum Gasteiger partial charge on any atom is 0.229 e. The van der Waals surface area contributed by atoms with Crippen LogP contribution in [0, 0.1) is 0 Å². The first-order chi connectivity index (χ1) is 13.2. The van der Waals surface area contributed by atoms with Crippen LogP contribution in [0.3, 0.4) is 0 Å². The van der Waals surface area contributed by atoms with Gasteiger partial charge in [0.05, 0.1) is 6.73 Å². The van der Waals surface area contributed by atoms with Crippen LogP contribution in [0.15, 0.2) is 9.98 Å². The first kappa shape index (κ1) is 23.6. The third kappa shape index (κ3) is 7.25. The predicted molar refractivity (Wildman–Crippen MR) is 108 cm³/mol. The van der Waals surface area contributed by atoms with Crippen LogP contribution < -0.4 is 5.32 Å². The van der Waals surface area contributed by atoms with Crippen molar-refractivity contribution in [1.29, 1.82) is 0 Å². The molecule has 0 aromatic heterocycles. The van der Waals surface area contributed by atoms with Gasteiger partial charge in [-0.1, -0.05) is 40.0 Å². The molecule has 0 aliphatic carbocycles. The Bertz CT molecular complexity index is 460. The maximum atomic E-state index is 9.95. The van der Waals surface area contributed by atoms with E-state index < -0.39 is 6.29 Å². The van der Waals surface area contributed by atoms with Crippen LogP contribution in [0.5, 0.6) is 0 Å². The standard InChI is InChI=1S/C18H38N6O3/c1-4-7-10-22(14-26)17-20-16(19-13-25)24(12-9-6-3)18(21-17)23(15-27)11-8-5-2/h18,25-27H,4-15H2,1-3H3,(H,19,20,21). The number of aliphatic imine (C=N–C) groups is 2. The first-order valence-corrected chi connectivity index (χ1v) is 10.1. The van der Waals surface area contributed by atoms with E-state index in [0.717, 1.165) is 38.5 Å². The van der Waals surface area contributed by atoms with Gasteiger partial charge in [-0.15, -0.1) is 0 Å². The van der Waals surface area contributed by atoms with Gasteiger partial charge in [0.2, 0.25) is 11.9 Å². The Morgan fingerprint density at radius 3 is 2.19 bits per heavy atom. The van der Waals surface area contributed by atoms with Crippen LogP contribution >= 0.6 is 0 Å². The molecular weight excluding hydrogens is 348 g/mol. The lowest BCUT2D eigenvalue weighted by atomic mass is 10.3. The molecule has 0 spiro atoms. The molecule has 1 unspecified atom stereocenters. The highest BCUT2D eigenvalue weighted by Crippen LogP contribution is 2.17. The summed E-state index contributed by atoms with van der Waals surface area (Å²) in [6.07, 6.45) is 5.42. The molecule has 1 heterocycles. The molecule has 27 heavy (non-hydrogen) atoms. The lowest BCUT2D eigenvalue weighted by molar-refractivity contribution is 0.0123.